The molecule has 0 unspecified atom stereocenters. The summed E-state index contributed by atoms with van der Waals surface area (Å²) in [6.45, 7) is 5.20. The third kappa shape index (κ3) is 4.04. The van der Waals surface area contributed by atoms with E-state index in [1.165, 1.54) is 0 Å². The molecule has 16 heavy (non-hydrogen) atoms. The first-order chi connectivity index (χ1) is 7.63. The van der Waals surface area contributed by atoms with Crippen LogP contribution in [0.4, 0.5) is 0 Å². The van der Waals surface area contributed by atoms with Crippen LogP contribution in [0.3, 0.4) is 0 Å². The molecule has 0 spiro atoms. The minimum atomic E-state index is 0.119. The molecule has 0 aromatic heterocycles. The van der Waals surface area contributed by atoms with Crippen LogP contribution in [0.15, 0.2) is 40.5 Å². The van der Waals surface area contributed by atoms with Crippen LogP contribution in [0, 0.1) is 0 Å². The third-order valence-electron chi connectivity index (χ3n) is 2.00. The van der Waals surface area contributed by atoms with Gasteiger partial charge in [-0.1, -0.05) is 51.9 Å². The normalized spacial score (nSPS) is 11.4. The molecule has 86 valence electrons. The molecule has 4 nitrogen and oxygen atoms in total. The van der Waals surface area contributed by atoms with Gasteiger partial charge in [0, 0.05) is 23.1 Å². The molecule has 0 aliphatic rings. The number of amidine groups is 1. The fourth-order valence-electron chi connectivity index (χ4n) is 1.19. The highest BCUT2D eigenvalue weighted by Gasteiger charge is 1.98. The van der Waals surface area contributed by atoms with E-state index in [1.54, 1.807) is 0 Å². The summed E-state index contributed by atoms with van der Waals surface area (Å²) < 4.78 is 0.917. The van der Waals surface area contributed by atoms with Crippen molar-refractivity contribution >= 4 is 21.8 Å². The molecule has 0 aliphatic heterocycles. The number of hydrogen-bond acceptors (Lipinski definition) is 3. The molecule has 0 heterocycles. The van der Waals surface area contributed by atoms with Gasteiger partial charge >= 0.3 is 0 Å². The molecule has 1 aromatic rings. The molecule has 1 aromatic carbocycles. The van der Waals surface area contributed by atoms with Gasteiger partial charge in [-0.15, -0.1) is 0 Å². The van der Waals surface area contributed by atoms with Gasteiger partial charge in [-0.25, -0.2) is 0 Å². The van der Waals surface area contributed by atoms with Gasteiger partial charge in [-0.2, -0.15) is 0 Å². The standard InChI is InChI=1S/C11H14BrN3O/c1-8(12)6-14-7-9-2-4-10(5-3-9)11(13)15-16/h2-5,14,16H,1,6-7H2,(H2,13,15). The number of nitrogens with two attached hydrogens (primary N) is 1. The van der Waals surface area contributed by atoms with Crippen molar-refractivity contribution in [3.8, 4) is 0 Å². The van der Waals surface area contributed by atoms with E-state index in [-0.39, 0.29) is 5.84 Å². The lowest BCUT2D eigenvalue weighted by Gasteiger charge is -2.04. The average molecular weight is 284 g/mol. The summed E-state index contributed by atoms with van der Waals surface area (Å²) in [5.74, 6) is 0.119. The van der Waals surface area contributed by atoms with Crippen molar-refractivity contribution in [2.45, 2.75) is 6.54 Å². The van der Waals surface area contributed by atoms with Gasteiger partial charge in [0.25, 0.3) is 0 Å². The van der Waals surface area contributed by atoms with Gasteiger partial charge in [0.05, 0.1) is 0 Å². The quantitative estimate of drug-likeness (QED) is 0.334. The van der Waals surface area contributed by atoms with Gasteiger partial charge in [0.15, 0.2) is 5.84 Å². The summed E-state index contributed by atoms with van der Waals surface area (Å²) >= 11 is 3.27. The lowest BCUT2D eigenvalue weighted by Crippen LogP contribution is -2.15. The van der Waals surface area contributed by atoms with Crippen molar-refractivity contribution in [3.05, 3.63) is 46.5 Å². The van der Waals surface area contributed by atoms with Crippen LogP contribution in [-0.4, -0.2) is 17.6 Å². The van der Waals surface area contributed by atoms with Crippen LogP contribution in [0.25, 0.3) is 0 Å². The Morgan fingerprint density at radius 3 is 2.56 bits per heavy atom. The van der Waals surface area contributed by atoms with Crippen LogP contribution >= 0.6 is 15.9 Å². The van der Waals surface area contributed by atoms with Crippen LogP contribution in [0.1, 0.15) is 11.1 Å². The van der Waals surface area contributed by atoms with Crippen LogP contribution in [0.2, 0.25) is 0 Å². The zero-order chi connectivity index (χ0) is 12.0. The van der Waals surface area contributed by atoms with Gasteiger partial charge in [-0.05, 0) is 5.56 Å². The molecule has 4 N–H and O–H groups in total. The topological polar surface area (TPSA) is 70.6 Å². The first-order valence-corrected chi connectivity index (χ1v) is 5.53. The molecular weight excluding hydrogens is 270 g/mol. The summed E-state index contributed by atoms with van der Waals surface area (Å²) in [4.78, 5) is 0. The maximum atomic E-state index is 8.50. The number of nitrogens with zero attached hydrogens (tertiary/aromatic N) is 1. The fraction of sp³-hybridized carbons (Fsp3) is 0.182. The van der Waals surface area contributed by atoms with Crippen LogP contribution in [0.5, 0.6) is 0 Å². The largest absolute Gasteiger partial charge is 0.409 e. The minimum Gasteiger partial charge on any atom is -0.409 e. The van der Waals surface area contributed by atoms with E-state index in [0.29, 0.717) is 5.56 Å². The molecular formula is C11H14BrN3O. The molecule has 0 atom stereocenters. The summed E-state index contributed by atoms with van der Waals surface area (Å²) in [5.41, 5.74) is 7.28. The average Bonchev–Trinajstić information content (AvgIpc) is 2.28. The maximum absolute atomic E-state index is 8.50. The van der Waals surface area contributed by atoms with Gasteiger partial charge in [-0.3, -0.25) is 0 Å². The summed E-state index contributed by atoms with van der Waals surface area (Å²) in [5, 5.41) is 14.6. The summed E-state index contributed by atoms with van der Waals surface area (Å²) in [6, 6.07) is 7.48. The number of hydrogen-bond donors (Lipinski definition) is 3. The number of rotatable bonds is 5. The van der Waals surface area contributed by atoms with E-state index in [1.807, 2.05) is 24.3 Å². The van der Waals surface area contributed by atoms with Gasteiger partial charge in [0.2, 0.25) is 0 Å². The Bertz CT molecular complexity index is 387. The maximum Gasteiger partial charge on any atom is 0.170 e. The molecule has 0 saturated heterocycles. The van der Waals surface area contributed by atoms with E-state index in [4.69, 9.17) is 10.9 Å². The van der Waals surface area contributed by atoms with Gasteiger partial charge < -0.3 is 16.3 Å². The Morgan fingerprint density at radius 2 is 2.06 bits per heavy atom. The second-order valence-electron chi connectivity index (χ2n) is 3.30. The summed E-state index contributed by atoms with van der Waals surface area (Å²) in [6.07, 6.45) is 0. The van der Waals surface area contributed by atoms with Crippen molar-refractivity contribution in [3.63, 3.8) is 0 Å². The third-order valence-corrected chi connectivity index (χ3v) is 2.28. The number of halogens is 1. The Hall–Kier alpha value is -1.33. The Morgan fingerprint density at radius 1 is 1.44 bits per heavy atom. The molecule has 0 saturated carbocycles. The van der Waals surface area contributed by atoms with Crippen molar-refractivity contribution in [2.24, 2.45) is 10.9 Å². The highest BCUT2D eigenvalue weighted by molar-refractivity contribution is 9.11. The Kier molecular flexibility index (Phi) is 5.01. The van der Waals surface area contributed by atoms with Crippen molar-refractivity contribution in [1.29, 1.82) is 0 Å². The molecule has 0 radical (unpaired) electrons. The smallest absolute Gasteiger partial charge is 0.170 e. The van der Waals surface area contributed by atoms with E-state index in [0.717, 1.165) is 23.1 Å². The summed E-state index contributed by atoms with van der Waals surface area (Å²) in [7, 11) is 0. The zero-order valence-corrected chi connectivity index (χ0v) is 10.4. The first kappa shape index (κ1) is 12.7. The zero-order valence-electron chi connectivity index (χ0n) is 8.78. The lowest BCUT2D eigenvalue weighted by atomic mass is 10.1. The van der Waals surface area contributed by atoms with Gasteiger partial charge in [0.1, 0.15) is 0 Å². The van der Waals surface area contributed by atoms with E-state index in [9.17, 15) is 0 Å². The molecule has 0 fully saturated rings. The highest BCUT2D eigenvalue weighted by atomic mass is 79.9. The number of nitrogens with one attached hydrogen (secondary N) is 1. The van der Waals surface area contributed by atoms with Crippen molar-refractivity contribution < 1.29 is 5.21 Å². The Labute approximate surface area is 103 Å². The predicted molar refractivity (Wildman–Crippen MR) is 68.7 cm³/mol. The molecule has 1 rings (SSSR count). The lowest BCUT2D eigenvalue weighted by molar-refractivity contribution is 0.318. The second kappa shape index (κ2) is 6.30. The molecule has 0 amide bonds. The monoisotopic (exact) mass is 283 g/mol. The molecule has 0 bridgehead atoms. The number of oxime groups is 1. The van der Waals surface area contributed by atoms with E-state index in [2.05, 4.69) is 33.0 Å². The van der Waals surface area contributed by atoms with Crippen LogP contribution < -0.4 is 11.1 Å². The van der Waals surface area contributed by atoms with E-state index >= 15 is 0 Å². The highest BCUT2D eigenvalue weighted by Crippen LogP contribution is 2.05. The van der Waals surface area contributed by atoms with Crippen molar-refractivity contribution in [1.82, 2.24) is 5.32 Å². The first-order valence-electron chi connectivity index (χ1n) is 4.74. The fourth-order valence-corrected chi connectivity index (χ4v) is 1.39. The SMILES string of the molecule is C=C(Br)CNCc1ccc(/C(N)=N\O)cc1. The predicted octanol–water partition coefficient (Wildman–Crippen LogP) is 1.78. The van der Waals surface area contributed by atoms with Crippen molar-refractivity contribution in [2.75, 3.05) is 6.54 Å². The second-order valence-corrected chi connectivity index (χ2v) is 4.42. The van der Waals surface area contributed by atoms with E-state index < -0.39 is 0 Å². The molecule has 0 aliphatic carbocycles. The number of benzene rings is 1. The molecule has 5 heteroatoms. The minimum absolute atomic E-state index is 0.119. The van der Waals surface area contributed by atoms with Crippen LogP contribution in [-0.2, 0) is 6.54 Å². The Balaban J connectivity index is 2.55.